The first-order valence-corrected chi connectivity index (χ1v) is 14.5. The number of esters is 1. The van der Waals surface area contributed by atoms with E-state index >= 15 is 0 Å². The molecule has 3 heterocycles. The third-order valence-corrected chi connectivity index (χ3v) is 8.19. The number of hydrogen-bond acceptors (Lipinski definition) is 8. The van der Waals surface area contributed by atoms with Crippen LogP contribution in [0.15, 0.2) is 105 Å². The fourth-order valence-electron chi connectivity index (χ4n) is 4.92. The fraction of sp³-hybridized carbons (Fsp3) is 0.0938. The van der Waals surface area contributed by atoms with Crippen molar-refractivity contribution in [1.29, 1.82) is 0 Å². The van der Waals surface area contributed by atoms with E-state index in [1.165, 1.54) is 47.0 Å². The van der Waals surface area contributed by atoms with Gasteiger partial charge in [0.25, 0.3) is 11.2 Å². The van der Waals surface area contributed by atoms with Crippen molar-refractivity contribution < 1.29 is 23.3 Å². The molecular formula is C32H21ClFN3O6S. The Morgan fingerprint density at radius 3 is 2.57 bits per heavy atom. The molecule has 0 N–H and O–H groups in total. The van der Waals surface area contributed by atoms with Gasteiger partial charge < -0.3 is 9.15 Å². The normalized spacial score (nSPS) is 14.7. The smallest absolute Gasteiger partial charge is 0.338 e. The summed E-state index contributed by atoms with van der Waals surface area (Å²) >= 11 is 7.04. The van der Waals surface area contributed by atoms with Crippen LogP contribution in [0.25, 0.3) is 23.1 Å². The van der Waals surface area contributed by atoms with E-state index in [0.717, 1.165) is 11.3 Å². The molecule has 2 aromatic heterocycles. The lowest BCUT2D eigenvalue weighted by Gasteiger charge is -2.25. The third kappa shape index (κ3) is 5.38. The zero-order valence-electron chi connectivity index (χ0n) is 22.9. The van der Waals surface area contributed by atoms with Crippen LogP contribution in [0.2, 0.25) is 5.02 Å². The zero-order chi connectivity index (χ0) is 31.0. The summed E-state index contributed by atoms with van der Waals surface area (Å²) in [5.74, 6) is -0.463. The van der Waals surface area contributed by atoms with Gasteiger partial charge in [-0.3, -0.25) is 19.5 Å². The van der Waals surface area contributed by atoms with Gasteiger partial charge >= 0.3 is 5.97 Å². The maximum Gasteiger partial charge on any atom is 0.338 e. The van der Waals surface area contributed by atoms with Crippen molar-refractivity contribution in [2.75, 3.05) is 6.61 Å². The summed E-state index contributed by atoms with van der Waals surface area (Å²) in [4.78, 5) is 43.3. The number of carbonyl (C=O) groups excluding carboxylic acids is 1. The van der Waals surface area contributed by atoms with Crippen molar-refractivity contribution in [3.63, 3.8) is 0 Å². The molecule has 1 aliphatic heterocycles. The highest BCUT2D eigenvalue weighted by Gasteiger charge is 2.35. The minimum absolute atomic E-state index is 0.000549. The van der Waals surface area contributed by atoms with Crippen molar-refractivity contribution in [3.8, 4) is 11.3 Å². The molecule has 0 bridgehead atoms. The molecule has 12 heteroatoms. The molecular weight excluding hydrogens is 609 g/mol. The molecule has 0 unspecified atom stereocenters. The quantitative estimate of drug-likeness (QED) is 0.126. The molecule has 0 saturated carbocycles. The molecule has 0 radical (unpaired) electrons. The molecule has 220 valence electrons. The Kier molecular flexibility index (Phi) is 7.81. The Balaban J connectivity index is 1.53. The summed E-state index contributed by atoms with van der Waals surface area (Å²) in [5.41, 5.74) is 1.36. The third-order valence-electron chi connectivity index (χ3n) is 6.89. The topological polar surface area (TPSA) is 117 Å². The maximum atomic E-state index is 14.0. The van der Waals surface area contributed by atoms with E-state index in [0.29, 0.717) is 38.7 Å². The highest BCUT2D eigenvalue weighted by atomic mass is 35.5. The minimum atomic E-state index is -0.954. The van der Waals surface area contributed by atoms with Gasteiger partial charge in [-0.2, -0.15) is 0 Å². The van der Waals surface area contributed by atoms with Crippen LogP contribution in [0, 0.1) is 15.9 Å². The van der Waals surface area contributed by atoms with Gasteiger partial charge in [0.05, 0.1) is 33.4 Å². The maximum absolute atomic E-state index is 14.0. The second-order valence-electron chi connectivity index (χ2n) is 9.61. The van der Waals surface area contributed by atoms with Crippen molar-refractivity contribution in [1.82, 2.24) is 4.57 Å². The van der Waals surface area contributed by atoms with Crippen LogP contribution >= 0.6 is 22.9 Å². The lowest BCUT2D eigenvalue weighted by atomic mass is 9.93. The summed E-state index contributed by atoms with van der Waals surface area (Å²) in [7, 11) is 0. The van der Waals surface area contributed by atoms with Crippen LogP contribution in [0.1, 0.15) is 29.9 Å². The van der Waals surface area contributed by atoms with Crippen molar-refractivity contribution >= 4 is 46.4 Å². The number of ether oxygens (including phenoxy) is 1. The minimum Gasteiger partial charge on any atom is -0.463 e. The number of halogens is 2. The highest BCUT2D eigenvalue weighted by Crippen LogP contribution is 2.35. The van der Waals surface area contributed by atoms with E-state index in [-0.39, 0.29) is 27.4 Å². The van der Waals surface area contributed by atoms with Crippen LogP contribution in [0.5, 0.6) is 0 Å². The van der Waals surface area contributed by atoms with Gasteiger partial charge in [-0.1, -0.05) is 65.4 Å². The van der Waals surface area contributed by atoms with Crippen molar-refractivity contribution in [3.05, 3.63) is 148 Å². The van der Waals surface area contributed by atoms with Crippen molar-refractivity contribution in [2.45, 2.75) is 13.0 Å². The molecule has 5 aromatic rings. The van der Waals surface area contributed by atoms with Gasteiger partial charge in [-0.05, 0) is 48.9 Å². The monoisotopic (exact) mass is 629 g/mol. The Labute approximate surface area is 257 Å². The number of nitrogens with zero attached hydrogens (tertiary/aromatic N) is 3. The summed E-state index contributed by atoms with van der Waals surface area (Å²) in [6.45, 7) is 1.78. The first kappa shape index (κ1) is 29.0. The summed E-state index contributed by atoms with van der Waals surface area (Å²) in [6, 6.07) is 21.3. The Bertz CT molecular complexity index is 2130. The number of nitro groups is 1. The van der Waals surface area contributed by atoms with Gasteiger partial charge in [0.15, 0.2) is 4.80 Å². The standard InChI is InChI=1S/C32H21ClFN3O6S/c1-2-42-31(39)27-28(18-6-4-3-5-7-18)35-32-36(29(27)19-8-11-21(34)12-9-19)30(38)26(44-32)17-22-13-15-25(43-22)20-10-14-23(33)24(16-20)37(40)41/h3-17,29H,2H2,1H3/b26-17-/t29-/m0/s1. The zero-order valence-corrected chi connectivity index (χ0v) is 24.5. The number of rotatable bonds is 7. The molecule has 6 rings (SSSR count). The van der Waals surface area contributed by atoms with Crippen molar-refractivity contribution in [2.24, 2.45) is 4.99 Å². The summed E-state index contributed by atoms with van der Waals surface area (Å²) < 4.78 is 27.0. The van der Waals surface area contributed by atoms with E-state index in [1.54, 1.807) is 37.3 Å². The summed E-state index contributed by atoms with van der Waals surface area (Å²) in [6.07, 6.45) is 1.54. The average molecular weight is 630 g/mol. The van der Waals surface area contributed by atoms with E-state index in [1.807, 2.05) is 18.2 Å². The second-order valence-corrected chi connectivity index (χ2v) is 11.0. The van der Waals surface area contributed by atoms with E-state index in [4.69, 9.17) is 25.7 Å². The molecule has 0 amide bonds. The fourth-order valence-corrected chi connectivity index (χ4v) is 6.09. The lowest BCUT2D eigenvalue weighted by Crippen LogP contribution is -2.40. The molecule has 1 atom stereocenters. The molecule has 3 aromatic carbocycles. The van der Waals surface area contributed by atoms with Gasteiger partial charge in [0, 0.05) is 23.3 Å². The molecule has 0 saturated heterocycles. The molecule has 0 fully saturated rings. The van der Waals surface area contributed by atoms with Gasteiger partial charge in [0.2, 0.25) is 0 Å². The first-order valence-electron chi connectivity index (χ1n) is 13.3. The highest BCUT2D eigenvalue weighted by molar-refractivity contribution is 7.07. The van der Waals surface area contributed by atoms with E-state index < -0.39 is 28.3 Å². The number of carbonyl (C=O) groups is 1. The van der Waals surface area contributed by atoms with Crippen LogP contribution in [-0.2, 0) is 9.53 Å². The first-order chi connectivity index (χ1) is 21.2. The number of benzene rings is 3. The van der Waals surface area contributed by atoms with Gasteiger partial charge in [-0.15, -0.1) is 0 Å². The molecule has 9 nitrogen and oxygen atoms in total. The van der Waals surface area contributed by atoms with Gasteiger partial charge in [0.1, 0.15) is 22.4 Å². The van der Waals surface area contributed by atoms with E-state index in [9.17, 15) is 24.1 Å². The molecule has 0 spiro atoms. The molecule has 44 heavy (non-hydrogen) atoms. The largest absolute Gasteiger partial charge is 0.463 e. The number of fused-ring (bicyclic) bond motifs is 1. The van der Waals surface area contributed by atoms with Crippen LogP contribution < -0.4 is 14.9 Å². The second kappa shape index (κ2) is 11.9. The van der Waals surface area contributed by atoms with Crippen LogP contribution in [0.3, 0.4) is 0 Å². The number of hydrogen-bond donors (Lipinski definition) is 0. The average Bonchev–Trinajstić information content (AvgIpc) is 3.61. The lowest BCUT2D eigenvalue weighted by molar-refractivity contribution is -0.384. The number of thiazole rings is 1. The number of aromatic nitrogens is 1. The Hall–Kier alpha value is -5.13. The predicted octanol–water partition coefficient (Wildman–Crippen LogP) is 5.90. The Morgan fingerprint density at radius 2 is 1.86 bits per heavy atom. The number of furan rings is 1. The Morgan fingerprint density at radius 1 is 1.11 bits per heavy atom. The van der Waals surface area contributed by atoms with Crippen LogP contribution in [0.4, 0.5) is 10.1 Å². The molecule has 1 aliphatic rings. The van der Waals surface area contributed by atoms with E-state index in [2.05, 4.69) is 0 Å². The summed E-state index contributed by atoms with van der Waals surface area (Å²) in [5, 5.41) is 11.3. The van der Waals surface area contributed by atoms with Crippen LogP contribution in [-0.4, -0.2) is 22.1 Å². The number of nitro benzene ring substituents is 1. The predicted molar refractivity (Wildman–Crippen MR) is 163 cm³/mol. The SMILES string of the molecule is CCOC(=O)C1=C(c2ccccc2)N=c2s/c(=C\c3ccc(-c4ccc(Cl)c([N+](=O)[O-])c4)o3)c(=O)n2[C@H]1c1ccc(F)cc1. The molecule has 0 aliphatic carbocycles. The van der Waals surface area contributed by atoms with Gasteiger partial charge in [-0.25, -0.2) is 14.2 Å².